The van der Waals surface area contributed by atoms with Crippen LogP contribution in [0.15, 0.2) is 22.7 Å². The fourth-order valence-corrected chi connectivity index (χ4v) is 3.54. The van der Waals surface area contributed by atoms with E-state index in [1.807, 2.05) is 43.9 Å². The lowest BCUT2D eigenvalue weighted by molar-refractivity contribution is 0.0180. The Morgan fingerprint density at radius 3 is 2.58 bits per heavy atom. The summed E-state index contributed by atoms with van der Waals surface area (Å²) in [6.45, 7) is 10.2. The van der Waals surface area contributed by atoms with Crippen molar-refractivity contribution in [2.75, 3.05) is 19.7 Å². The molecule has 1 fully saturated rings. The molecule has 0 unspecified atom stereocenters. The van der Waals surface area contributed by atoms with Crippen molar-refractivity contribution in [1.29, 1.82) is 0 Å². The van der Waals surface area contributed by atoms with Crippen LogP contribution in [-0.4, -0.2) is 36.3 Å². The topological polar surface area (TPSA) is 38.8 Å². The second-order valence-electron chi connectivity index (χ2n) is 8.12. The van der Waals surface area contributed by atoms with E-state index in [2.05, 4.69) is 22.9 Å². The number of ether oxygens (including phenoxy) is 2. The number of likely N-dealkylation sites (tertiary alicyclic amines) is 1. The lowest BCUT2D eigenvalue weighted by Crippen LogP contribution is -2.41. The molecular formula is C21H32BrNO3. The molecule has 1 aliphatic rings. The highest BCUT2D eigenvalue weighted by atomic mass is 79.9. The molecule has 1 amide bonds. The highest BCUT2D eigenvalue weighted by molar-refractivity contribution is 9.10. The average Bonchev–Trinajstić information content (AvgIpc) is 2.57. The molecular weight excluding hydrogens is 394 g/mol. The molecule has 0 bridgehead atoms. The molecule has 1 saturated heterocycles. The molecule has 4 nitrogen and oxygen atoms in total. The minimum absolute atomic E-state index is 0.172. The monoisotopic (exact) mass is 425 g/mol. The summed E-state index contributed by atoms with van der Waals surface area (Å²) in [6, 6.07) is 6.06. The predicted molar refractivity (Wildman–Crippen MR) is 109 cm³/mol. The molecule has 0 N–H and O–H groups in total. The molecule has 0 spiro atoms. The minimum atomic E-state index is -0.416. The number of halogens is 1. The van der Waals surface area contributed by atoms with E-state index < -0.39 is 5.60 Å². The van der Waals surface area contributed by atoms with E-state index in [1.165, 1.54) is 12.8 Å². The number of nitrogens with zero attached hydrogens (tertiary/aromatic N) is 1. The largest absolute Gasteiger partial charge is 0.493 e. The molecule has 26 heavy (non-hydrogen) atoms. The molecule has 1 aliphatic heterocycles. The molecule has 0 saturated carbocycles. The Labute approximate surface area is 166 Å². The number of carbonyl (C=O) groups excluding carboxylic acids is 1. The fraction of sp³-hybridized carbons (Fsp3) is 0.667. The summed E-state index contributed by atoms with van der Waals surface area (Å²) in [5.41, 5.74) is 0.739. The molecule has 1 aromatic rings. The smallest absolute Gasteiger partial charge is 0.410 e. The number of hydrogen-bond donors (Lipinski definition) is 0. The highest BCUT2D eigenvalue weighted by Gasteiger charge is 2.26. The van der Waals surface area contributed by atoms with Gasteiger partial charge in [-0.25, -0.2) is 4.79 Å². The van der Waals surface area contributed by atoms with Gasteiger partial charge in [0.05, 0.1) is 6.61 Å². The third-order valence-electron chi connectivity index (χ3n) is 4.75. The summed E-state index contributed by atoms with van der Waals surface area (Å²) < 4.78 is 12.4. The van der Waals surface area contributed by atoms with Crippen LogP contribution in [0, 0.1) is 12.8 Å². The first-order chi connectivity index (χ1) is 12.3. The maximum absolute atomic E-state index is 12.1. The first kappa shape index (κ1) is 21.1. The van der Waals surface area contributed by atoms with Crippen LogP contribution in [0.3, 0.4) is 0 Å². The van der Waals surface area contributed by atoms with Crippen LogP contribution in [0.2, 0.25) is 0 Å². The number of piperidine rings is 1. The SMILES string of the molecule is Cc1c(Br)cccc1OCCCCC1CCN(C(=O)OC(C)(C)C)CC1. The van der Waals surface area contributed by atoms with E-state index in [0.29, 0.717) is 5.92 Å². The zero-order valence-electron chi connectivity index (χ0n) is 16.5. The van der Waals surface area contributed by atoms with Crippen molar-refractivity contribution in [2.24, 2.45) is 5.92 Å². The van der Waals surface area contributed by atoms with Crippen molar-refractivity contribution < 1.29 is 14.3 Å². The van der Waals surface area contributed by atoms with Crippen LogP contribution in [0.4, 0.5) is 4.79 Å². The summed E-state index contributed by atoms with van der Waals surface area (Å²) in [4.78, 5) is 13.9. The number of carbonyl (C=O) groups is 1. The summed E-state index contributed by atoms with van der Waals surface area (Å²) >= 11 is 3.53. The Bertz CT molecular complexity index is 589. The van der Waals surface area contributed by atoms with Crippen molar-refractivity contribution in [1.82, 2.24) is 4.90 Å². The summed E-state index contributed by atoms with van der Waals surface area (Å²) in [6.07, 6.45) is 5.43. The molecule has 0 radical (unpaired) electrons. The Hall–Kier alpha value is -1.23. The number of unbranched alkanes of at least 4 members (excludes halogenated alkanes) is 1. The number of rotatable bonds is 6. The van der Waals surface area contributed by atoms with E-state index in [4.69, 9.17) is 9.47 Å². The van der Waals surface area contributed by atoms with Crippen LogP contribution in [0.25, 0.3) is 0 Å². The normalized spacial score (nSPS) is 15.8. The first-order valence-electron chi connectivity index (χ1n) is 9.62. The molecule has 5 heteroatoms. The molecule has 146 valence electrons. The van der Waals surface area contributed by atoms with Gasteiger partial charge in [-0.15, -0.1) is 0 Å². The van der Waals surface area contributed by atoms with E-state index in [-0.39, 0.29) is 6.09 Å². The molecule has 1 heterocycles. The van der Waals surface area contributed by atoms with Crippen molar-refractivity contribution in [3.05, 3.63) is 28.2 Å². The van der Waals surface area contributed by atoms with Crippen LogP contribution < -0.4 is 4.74 Å². The maximum Gasteiger partial charge on any atom is 0.410 e. The van der Waals surface area contributed by atoms with E-state index >= 15 is 0 Å². The van der Waals surface area contributed by atoms with Gasteiger partial charge in [-0.3, -0.25) is 0 Å². The summed E-state index contributed by atoms with van der Waals surface area (Å²) in [5, 5.41) is 0. The molecule has 1 aromatic carbocycles. The van der Waals surface area contributed by atoms with Crippen molar-refractivity contribution in [3.8, 4) is 5.75 Å². The van der Waals surface area contributed by atoms with E-state index in [9.17, 15) is 4.79 Å². The van der Waals surface area contributed by atoms with Gasteiger partial charge in [0.2, 0.25) is 0 Å². The van der Waals surface area contributed by atoms with Gasteiger partial charge >= 0.3 is 6.09 Å². The quantitative estimate of drug-likeness (QED) is 0.528. The van der Waals surface area contributed by atoms with Crippen LogP contribution in [0.5, 0.6) is 5.75 Å². The zero-order valence-corrected chi connectivity index (χ0v) is 18.1. The van der Waals surface area contributed by atoms with Crippen molar-refractivity contribution in [3.63, 3.8) is 0 Å². The Balaban J connectivity index is 1.60. The van der Waals surface area contributed by atoms with Crippen LogP contribution >= 0.6 is 15.9 Å². The standard InChI is InChI=1S/C21H32BrNO3/c1-16-18(22)9-7-10-19(16)25-15-6-5-8-17-11-13-23(14-12-17)20(24)26-21(2,3)4/h7,9-10,17H,5-6,8,11-15H2,1-4H3. The molecule has 0 atom stereocenters. The van der Waals surface area contributed by atoms with Crippen LogP contribution in [-0.2, 0) is 4.74 Å². The Kier molecular flexibility index (Phi) is 7.81. The molecule has 0 aliphatic carbocycles. The Morgan fingerprint density at radius 2 is 1.92 bits per heavy atom. The van der Waals surface area contributed by atoms with Gasteiger partial charge in [0.15, 0.2) is 0 Å². The van der Waals surface area contributed by atoms with Crippen molar-refractivity contribution >= 4 is 22.0 Å². The average molecular weight is 426 g/mol. The second-order valence-corrected chi connectivity index (χ2v) is 8.97. The third-order valence-corrected chi connectivity index (χ3v) is 5.61. The third kappa shape index (κ3) is 6.82. The summed E-state index contributed by atoms with van der Waals surface area (Å²) in [7, 11) is 0. The molecule has 0 aromatic heterocycles. The number of benzene rings is 1. The highest BCUT2D eigenvalue weighted by Crippen LogP contribution is 2.26. The van der Waals surface area contributed by atoms with Gasteiger partial charge in [0.25, 0.3) is 0 Å². The van der Waals surface area contributed by atoms with Gasteiger partial charge in [0, 0.05) is 23.1 Å². The van der Waals surface area contributed by atoms with Gasteiger partial charge in [0.1, 0.15) is 11.4 Å². The lowest BCUT2D eigenvalue weighted by Gasteiger charge is -2.33. The zero-order chi connectivity index (χ0) is 19.2. The summed E-state index contributed by atoms with van der Waals surface area (Å²) in [5.74, 6) is 1.67. The second kappa shape index (κ2) is 9.63. The van der Waals surface area contributed by atoms with Gasteiger partial charge < -0.3 is 14.4 Å². The van der Waals surface area contributed by atoms with Gasteiger partial charge in [-0.1, -0.05) is 28.4 Å². The van der Waals surface area contributed by atoms with Crippen molar-refractivity contribution in [2.45, 2.75) is 65.4 Å². The van der Waals surface area contributed by atoms with E-state index in [1.54, 1.807) is 0 Å². The van der Waals surface area contributed by atoms with Crippen LogP contribution in [0.1, 0.15) is 58.4 Å². The minimum Gasteiger partial charge on any atom is -0.493 e. The van der Waals surface area contributed by atoms with Gasteiger partial charge in [-0.05, 0) is 71.4 Å². The van der Waals surface area contributed by atoms with E-state index in [0.717, 1.165) is 54.7 Å². The Morgan fingerprint density at radius 1 is 1.23 bits per heavy atom. The first-order valence-corrected chi connectivity index (χ1v) is 10.4. The predicted octanol–water partition coefficient (Wildman–Crippen LogP) is 5.95. The fourth-order valence-electron chi connectivity index (χ4n) is 3.19. The maximum atomic E-state index is 12.1. The van der Waals surface area contributed by atoms with Gasteiger partial charge in [-0.2, -0.15) is 0 Å². The molecule has 2 rings (SSSR count). The lowest BCUT2D eigenvalue weighted by atomic mass is 9.92. The number of amides is 1. The number of hydrogen-bond acceptors (Lipinski definition) is 3.